The Bertz CT molecular complexity index is 513. The molecule has 0 saturated carbocycles. The summed E-state index contributed by atoms with van der Waals surface area (Å²) < 4.78 is 5.56. The van der Waals surface area contributed by atoms with Gasteiger partial charge in [-0.1, -0.05) is 0 Å². The number of carbonyl (C=O) groups excluding carboxylic acids is 1. The van der Waals surface area contributed by atoms with E-state index in [1.807, 2.05) is 0 Å². The summed E-state index contributed by atoms with van der Waals surface area (Å²) in [4.78, 5) is 21.9. The Morgan fingerprint density at radius 3 is 2.74 bits per heavy atom. The van der Waals surface area contributed by atoms with Crippen LogP contribution in [-0.2, 0) is 9.53 Å². The van der Waals surface area contributed by atoms with E-state index in [0.29, 0.717) is 25.9 Å². The number of nitrogens with zero attached hydrogens (tertiary/aromatic N) is 1. The first kappa shape index (κ1) is 17.2. The van der Waals surface area contributed by atoms with Crippen molar-refractivity contribution >= 4 is 17.3 Å². The maximum Gasteiger partial charge on any atom is 0.269 e. The minimum atomic E-state index is -0.426. The van der Waals surface area contributed by atoms with Crippen molar-refractivity contribution in [2.45, 2.75) is 38.2 Å². The Morgan fingerprint density at radius 1 is 1.30 bits per heavy atom. The Labute approximate surface area is 135 Å². The molecule has 0 radical (unpaired) electrons. The molecule has 7 nitrogen and oxygen atoms in total. The molecule has 2 rings (SSSR count). The smallest absolute Gasteiger partial charge is 0.269 e. The average Bonchev–Trinajstić information content (AvgIpc) is 2.58. The molecular weight excluding hydrogens is 298 g/mol. The molecule has 1 aliphatic rings. The van der Waals surface area contributed by atoms with Crippen LogP contribution >= 0.6 is 0 Å². The highest BCUT2D eigenvalue weighted by atomic mass is 16.6. The van der Waals surface area contributed by atoms with Crippen molar-refractivity contribution < 1.29 is 14.5 Å². The molecule has 1 aromatic carbocycles. The van der Waals surface area contributed by atoms with Gasteiger partial charge in [-0.25, -0.2) is 0 Å². The van der Waals surface area contributed by atoms with Gasteiger partial charge >= 0.3 is 0 Å². The molecule has 1 atom stereocenters. The maximum absolute atomic E-state index is 11.7. The SMILES string of the molecule is O=C(CCCNc1ccc([N+](=O)[O-])cc1)NC[C@@H]1CCCCO1. The molecule has 0 bridgehead atoms. The van der Waals surface area contributed by atoms with Crippen LogP contribution in [0.1, 0.15) is 32.1 Å². The van der Waals surface area contributed by atoms with E-state index in [-0.39, 0.29) is 17.7 Å². The zero-order valence-corrected chi connectivity index (χ0v) is 13.1. The summed E-state index contributed by atoms with van der Waals surface area (Å²) in [6.45, 7) is 2.03. The molecule has 1 amide bonds. The second-order valence-electron chi connectivity index (χ2n) is 5.63. The Morgan fingerprint density at radius 2 is 2.09 bits per heavy atom. The standard InChI is InChI=1S/C16H23N3O4/c20-16(18-12-15-4-1-2-11-23-15)5-3-10-17-13-6-8-14(9-7-13)19(21)22/h6-9,15,17H,1-5,10-12H2,(H,18,20)/t15-/m0/s1. The van der Waals surface area contributed by atoms with Crippen LogP contribution < -0.4 is 10.6 Å². The number of nitrogens with one attached hydrogen (secondary N) is 2. The fraction of sp³-hybridized carbons (Fsp3) is 0.562. The van der Waals surface area contributed by atoms with Crippen LogP contribution in [0.25, 0.3) is 0 Å². The molecule has 23 heavy (non-hydrogen) atoms. The molecule has 1 aromatic rings. The summed E-state index contributed by atoms with van der Waals surface area (Å²) in [7, 11) is 0. The molecule has 1 fully saturated rings. The Kier molecular flexibility index (Phi) is 6.80. The molecule has 0 spiro atoms. The number of amides is 1. The van der Waals surface area contributed by atoms with Gasteiger partial charge in [0.05, 0.1) is 11.0 Å². The molecule has 0 aliphatic carbocycles. The largest absolute Gasteiger partial charge is 0.385 e. The highest BCUT2D eigenvalue weighted by molar-refractivity contribution is 5.75. The summed E-state index contributed by atoms with van der Waals surface area (Å²) >= 11 is 0. The van der Waals surface area contributed by atoms with Crippen LogP contribution in [0.3, 0.4) is 0 Å². The third-order valence-electron chi connectivity index (χ3n) is 3.79. The molecule has 1 heterocycles. The van der Waals surface area contributed by atoms with Gasteiger partial charge in [0, 0.05) is 43.9 Å². The summed E-state index contributed by atoms with van der Waals surface area (Å²) in [5, 5.41) is 16.6. The van der Waals surface area contributed by atoms with Gasteiger partial charge in [-0.2, -0.15) is 0 Å². The van der Waals surface area contributed by atoms with E-state index in [9.17, 15) is 14.9 Å². The van der Waals surface area contributed by atoms with E-state index in [1.54, 1.807) is 12.1 Å². The van der Waals surface area contributed by atoms with Gasteiger partial charge in [-0.3, -0.25) is 14.9 Å². The quantitative estimate of drug-likeness (QED) is 0.436. The van der Waals surface area contributed by atoms with Crippen LogP contribution in [0.2, 0.25) is 0 Å². The predicted molar refractivity (Wildman–Crippen MR) is 87.4 cm³/mol. The second-order valence-corrected chi connectivity index (χ2v) is 5.63. The number of rotatable bonds is 8. The maximum atomic E-state index is 11.7. The average molecular weight is 321 g/mol. The fourth-order valence-electron chi connectivity index (χ4n) is 2.47. The predicted octanol–water partition coefficient (Wildman–Crippen LogP) is 2.47. The summed E-state index contributed by atoms with van der Waals surface area (Å²) in [5.74, 6) is 0.0321. The number of hydrogen-bond acceptors (Lipinski definition) is 5. The highest BCUT2D eigenvalue weighted by Gasteiger charge is 2.14. The van der Waals surface area contributed by atoms with Gasteiger partial charge in [0.15, 0.2) is 0 Å². The third kappa shape index (κ3) is 6.23. The minimum Gasteiger partial charge on any atom is -0.385 e. The topological polar surface area (TPSA) is 93.5 Å². The van der Waals surface area contributed by atoms with Gasteiger partial charge in [-0.15, -0.1) is 0 Å². The van der Waals surface area contributed by atoms with Gasteiger partial charge < -0.3 is 15.4 Å². The lowest BCUT2D eigenvalue weighted by Gasteiger charge is -2.22. The van der Waals surface area contributed by atoms with Crippen LogP contribution in [0, 0.1) is 10.1 Å². The van der Waals surface area contributed by atoms with Gasteiger partial charge in [0.2, 0.25) is 5.91 Å². The molecular formula is C16H23N3O4. The van der Waals surface area contributed by atoms with Gasteiger partial charge in [-0.05, 0) is 37.8 Å². The van der Waals surface area contributed by atoms with E-state index in [2.05, 4.69) is 10.6 Å². The van der Waals surface area contributed by atoms with Crippen LogP contribution in [0.5, 0.6) is 0 Å². The molecule has 1 aliphatic heterocycles. The van der Waals surface area contributed by atoms with Crippen molar-refractivity contribution in [2.24, 2.45) is 0 Å². The van der Waals surface area contributed by atoms with Gasteiger partial charge in [0.25, 0.3) is 5.69 Å². The van der Waals surface area contributed by atoms with Crippen LogP contribution in [0.4, 0.5) is 11.4 Å². The van der Waals surface area contributed by atoms with Crippen molar-refractivity contribution in [3.63, 3.8) is 0 Å². The zero-order chi connectivity index (χ0) is 16.5. The third-order valence-corrected chi connectivity index (χ3v) is 3.79. The second kappa shape index (κ2) is 9.09. The minimum absolute atomic E-state index is 0.0321. The first-order valence-electron chi connectivity index (χ1n) is 8.02. The lowest BCUT2D eigenvalue weighted by molar-refractivity contribution is -0.384. The van der Waals surface area contributed by atoms with Crippen molar-refractivity contribution in [3.8, 4) is 0 Å². The number of anilines is 1. The number of nitro benzene ring substituents is 1. The number of hydrogen-bond donors (Lipinski definition) is 2. The number of benzene rings is 1. The van der Waals surface area contributed by atoms with Crippen molar-refractivity contribution in [3.05, 3.63) is 34.4 Å². The van der Waals surface area contributed by atoms with E-state index >= 15 is 0 Å². The van der Waals surface area contributed by atoms with E-state index in [0.717, 1.165) is 25.1 Å². The Hall–Kier alpha value is -2.15. The molecule has 0 unspecified atom stereocenters. The van der Waals surface area contributed by atoms with E-state index in [1.165, 1.54) is 18.6 Å². The van der Waals surface area contributed by atoms with E-state index in [4.69, 9.17) is 4.74 Å². The molecule has 7 heteroatoms. The van der Waals surface area contributed by atoms with E-state index < -0.39 is 4.92 Å². The number of ether oxygens (including phenoxy) is 1. The number of nitro groups is 1. The Balaban J connectivity index is 1.57. The van der Waals surface area contributed by atoms with Crippen molar-refractivity contribution in [1.29, 1.82) is 0 Å². The highest BCUT2D eigenvalue weighted by Crippen LogP contribution is 2.15. The molecule has 0 aromatic heterocycles. The molecule has 126 valence electrons. The van der Waals surface area contributed by atoms with Gasteiger partial charge in [0.1, 0.15) is 0 Å². The lowest BCUT2D eigenvalue weighted by Crippen LogP contribution is -2.35. The summed E-state index contributed by atoms with van der Waals surface area (Å²) in [6, 6.07) is 6.25. The zero-order valence-electron chi connectivity index (χ0n) is 13.1. The van der Waals surface area contributed by atoms with Crippen LogP contribution in [0.15, 0.2) is 24.3 Å². The fourth-order valence-corrected chi connectivity index (χ4v) is 2.47. The number of non-ortho nitro benzene ring substituents is 1. The normalized spacial score (nSPS) is 17.5. The first-order chi connectivity index (χ1) is 11.1. The van der Waals surface area contributed by atoms with Crippen molar-refractivity contribution in [2.75, 3.05) is 25.0 Å². The summed E-state index contributed by atoms with van der Waals surface area (Å²) in [5.41, 5.74) is 0.881. The summed E-state index contributed by atoms with van der Waals surface area (Å²) in [6.07, 6.45) is 4.60. The monoisotopic (exact) mass is 321 g/mol. The molecule has 2 N–H and O–H groups in total. The van der Waals surface area contributed by atoms with Crippen LogP contribution in [-0.4, -0.2) is 36.6 Å². The number of carbonyl (C=O) groups is 1. The molecule has 1 saturated heterocycles. The first-order valence-corrected chi connectivity index (χ1v) is 8.02. The lowest BCUT2D eigenvalue weighted by atomic mass is 10.1. The van der Waals surface area contributed by atoms with Crippen molar-refractivity contribution in [1.82, 2.24) is 5.32 Å².